The van der Waals surface area contributed by atoms with E-state index in [1.165, 1.54) is 0 Å². The molecule has 0 radical (unpaired) electrons. The van der Waals surface area contributed by atoms with Gasteiger partial charge in [0.15, 0.2) is 0 Å². The van der Waals surface area contributed by atoms with Crippen molar-refractivity contribution in [3.8, 4) is 0 Å². The predicted octanol–water partition coefficient (Wildman–Crippen LogP) is 2.04. The van der Waals surface area contributed by atoms with Gasteiger partial charge in [-0.2, -0.15) is 0 Å². The van der Waals surface area contributed by atoms with E-state index in [1.807, 2.05) is 25.1 Å². The molecule has 3 unspecified atom stereocenters. The number of aliphatic hydroxyl groups excluding tert-OH is 1. The number of nitrogens with two attached hydrogens (primary N) is 1. The van der Waals surface area contributed by atoms with Crippen LogP contribution in [-0.4, -0.2) is 35.7 Å². The first-order valence-electron chi connectivity index (χ1n) is 6.47. The molecule has 3 nitrogen and oxygen atoms in total. The molecule has 0 aromatic heterocycles. The summed E-state index contributed by atoms with van der Waals surface area (Å²) in [6, 6.07) is 8.13. The molecule has 3 atom stereocenters. The Bertz CT molecular complexity index is 397. The van der Waals surface area contributed by atoms with Crippen molar-refractivity contribution in [1.29, 1.82) is 0 Å². The van der Waals surface area contributed by atoms with Crippen LogP contribution in [0.3, 0.4) is 0 Å². The average Bonchev–Trinajstić information content (AvgIpc) is 2.77. The Kier molecular flexibility index (Phi) is 4.62. The summed E-state index contributed by atoms with van der Waals surface area (Å²) in [6.45, 7) is 4.19. The van der Waals surface area contributed by atoms with Gasteiger partial charge in [-0.1, -0.05) is 23.7 Å². The monoisotopic (exact) mass is 268 g/mol. The fourth-order valence-corrected chi connectivity index (χ4v) is 3.00. The van der Waals surface area contributed by atoms with Crippen LogP contribution < -0.4 is 5.73 Å². The molecule has 0 amide bonds. The van der Waals surface area contributed by atoms with Gasteiger partial charge in [-0.05, 0) is 43.5 Å². The van der Waals surface area contributed by atoms with Crippen LogP contribution in [0.5, 0.6) is 0 Å². The smallest absolute Gasteiger partial charge is 0.0497 e. The van der Waals surface area contributed by atoms with Gasteiger partial charge in [0.25, 0.3) is 0 Å². The van der Waals surface area contributed by atoms with Gasteiger partial charge in [0.1, 0.15) is 0 Å². The molecule has 3 N–H and O–H groups in total. The molecule has 0 aliphatic carbocycles. The van der Waals surface area contributed by atoms with Crippen LogP contribution in [0.4, 0.5) is 0 Å². The molecule has 1 fully saturated rings. The predicted molar refractivity (Wildman–Crippen MR) is 74.6 cm³/mol. The number of hydrogen-bond donors (Lipinski definition) is 2. The summed E-state index contributed by atoms with van der Waals surface area (Å²) in [7, 11) is 0. The minimum atomic E-state index is 0.0425. The maximum atomic E-state index is 9.24. The first-order chi connectivity index (χ1) is 8.61. The van der Waals surface area contributed by atoms with E-state index in [0.717, 1.165) is 30.1 Å². The third-order valence-corrected chi connectivity index (χ3v) is 3.89. The number of nitrogens with zero attached hydrogens (tertiary/aromatic N) is 1. The lowest BCUT2D eigenvalue weighted by Gasteiger charge is -2.31. The van der Waals surface area contributed by atoms with E-state index in [-0.39, 0.29) is 18.7 Å². The van der Waals surface area contributed by atoms with Crippen LogP contribution >= 0.6 is 11.6 Å². The quantitative estimate of drug-likeness (QED) is 0.879. The zero-order valence-electron chi connectivity index (χ0n) is 10.7. The molecule has 1 heterocycles. The van der Waals surface area contributed by atoms with E-state index >= 15 is 0 Å². The van der Waals surface area contributed by atoms with Gasteiger partial charge in [0.05, 0.1) is 0 Å². The minimum absolute atomic E-state index is 0.0425. The van der Waals surface area contributed by atoms with Crippen LogP contribution in [0.1, 0.15) is 24.9 Å². The molecule has 1 aromatic rings. The van der Waals surface area contributed by atoms with Crippen molar-refractivity contribution in [2.45, 2.75) is 25.4 Å². The maximum absolute atomic E-state index is 9.24. The second-order valence-electron chi connectivity index (χ2n) is 5.19. The maximum Gasteiger partial charge on any atom is 0.0497 e. The molecule has 4 heteroatoms. The molecule has 1 aliphatic rings. The number of aliphatic hydroxyl groups is 1. The Labute approximate surface area is 114 Å². The van der Waals surface area contributed by atoms with E-state index in [0.29, 0.717) is 5.92 Å². The van der Waals surface area contributed by atoms with Crippen LogP contribution in [0.25, 0.3) is 0 Å². The Balaban J connectivity index is 2.19. The molecule has 1 aliphatic heterocycles. The Hall–Kier alpha value is -0.610. The molecular weight excluding hydrogens is 248 g/mol. The fraction of sp³-hybridized carbons (Fsp3) is 0.571. The number of halogens is 1. The van der Waals surface area contributed by atoms with Gasteiger partial charge >= 0.3 is 0 Å². The topological polar surface area (TPSA) is 49.5 Å². The second-order valence-corrected chi connectivity index (χ2v) is 5.63. The van der Waals surface area contributed by atoms with Crippen molar-refractivity contribution in [3.05, 3.63) is 34.9 Å². The minimum Gasteiger partial charge on any atom is -0.396 e. The van der Waals surface area contributed by atoms with Crippen molar-refractivity contribution in [2.24, 2.45) is 11.7 Å². The van der Waals surface area contributed by atoms with Gasteiger partial charge in [-0.25, -0.2) is 0 Å². The zero-order chi connectivity index (χ0) is 13.1. The largest absolute Gasteiger partial charge is 0.396 e. The molecule has 0 bridgehead atoms. The van der Waals surface area contributed by atoms with Crippen LogP contribution in [0.15, 0.2) is 24.3 Å². The van der Waals surface area contributed by atoms with Gasteiger partial charge in [0.2, 0.25) is 0 Å². The van der Waals surface area contributed by atoms with Crippen LogP contribution in [0, 0.1) is 5.92 Å². The molecule has 0 spiro atoms. The molecule has 1 aromatic carbocycles. The van der Waals surface area contributed by atoms with Crippen molar-refractivity contribution in [3.63, 3.8) is 0 Å². The summed E-state index contributed by atoms with van der Waals surface area (Å²) in [5, 5.41) is 9.99. The summed E-state index contributed by atoms with van der Waals surface area (Å²) in [5.74, 6) is 0.380. The Morgan fingerprint density at radius 3 is 2.89 bits per heavy atom. The highest BCUT2D eigenvalue weighted by Gasteiger charge is 2.30. The molecule has 1 saturated heterocycles. The summed E-state index contributed by atoms with van der Waals surface area (Å²) in [6.07, 6.45) is 1.04. The normalized spacial score (nSPS) is 24.1. The van der Waals surface area contributed by atoms with Crippen molar-refractivity contribution < 1.29 is 5.11 Å². The van der Waals surface area contributed by atoms with Gasteiger partial charge in [-0.15, -0.1) is 0 Å². The summed E-state index contributed by atoms with van der Waals surface area (Å²) in [5.41, 5.74) is 7.30. The lowest BCUT2D eigenvalue weighted by Crippen LogP contribution is -2.38. The Morgan fingerprint density at radius 2 is 2.33 bits per heavy atom. The van der Waals surface area contributed by atoms with E-state index < -0.39 is 0 Å². The highest BCUT2D eigenvalue weighted by Crippen LogP contribution is 2.30. The van der Waals surface area contributed by atoms with Crippen molar-refractivity contribution in [1.82, 2.24) is 4.90 Å². The average molecular weight is 269 g/mol. The number of benzene rings is 1. The number of likely N-dealkylation sites (tertiary alicyclic amines) is 1. The molecule has 0 saturated carbocycles. The third kappa shape index (κ3) is 3.04. The van der Waals surface area contributed by atoms with Gasteiger partial charge < -0.3 is 10.8 Å². The van der Waals surface area contributed by atoms with Gasteiger partial charge in [0, 0.05) is 30.3 Å². The summed E-state index contributed by atoms with van der Waals surface area (Å²) in [4.78, 5) is 2.36. The lowest BCUT2D eigenvalue weighted by molar-refractivity contribution is 0.185. The number of rotatable bonds is 4. The third-order valence-electron chi connectivity index (χ3n) is 3.66. The summed E-state index contributed by atoms with van der Waals surface area (Å²) < 4.78 is 0. The van der Waals surface area contributed by atoms with Crippen LogP contribution in [-0.2, 0) is 0 Å². The molecule has 100 valence electrons. The van der Waals surface area contributed by atoms with Crippen molar-refractivity contribution in [2.75, 3.05) is 19.7 Å². The van der Waals surface area contributed by atoms with E-state index in [1.54, 1.807) is 0 Å². The summed E-state index contributed by atoms with van der Waals surface area (Å²) >= 11 is 6.06. The zero-order valence-corrected chi connectivity index (χ0v) is 11.5. The highest BCUT2D eigenvalue weighted by molar-refractivity contribution is 6.30. The second kappa shape index (κ2) is 6.02. The van der Waals surface area contributed by atoms with E-state index in [4.69, 9.17) is 17.3 Å². The van der Waals surface area contributed by atoms with Crippen molar-refractivity contribution >= 4 is 11.6 Å². The first-order valence-corrected chi connectivity index (χ1v) is 6.85. The van der Waals surface area contributed by atoms with E-state index in [2.05, 4.69) is 11.0 Å². The Morgan fingerprint density at radius 1 is 1.56 bits per heavy atom. The highest BCUT2D eigenvalue weighted by atomic mass is 35.5. The molecule has 2 rings (SSSR count). The molecule has 18 heavy (non-hydrogen) atoms. The standard InChI is InChI=1S/C14H21ClN2O/c1-10(16)14(12-3-2-4-13(15)7-12)17-6-5-11(8-17)9-18/h2-4,7,10-11,14,18H,5-6,8-9,16H2,1H3. The fourth-order valence-electron chi connectivity index (χ4n) is 2.80. The number of hydrogen-bond acceptors (Lipinski definition) is 3. The van der Waals surface area contributed by atoms with Gasteiger partial charge in [-0.3, -0.25) is 4.90 Å². The first kappa shape index (κ1) is 13.8. The lowest BCUT2D eigenvalue weighted by atomic mass is 9.99. The van der Waals surface area contributed by atoms with Crippen LogP contribution in [0.2, 0.25) is 5.02 Å². The van der Waals surface area contributed by atoms with E-state index in [9.17, 15) is 5.11 Å². The SMILES string of the molecule is CC(N)C(c1cccc(Cl)c1)N1CCC(CO)C1. The molecular formula is C14H21ClN2O.